The summed E-state index contributed by atoms with van der Waals surface area (Å²) >= 11 is 5.99. The minimum absolute atomic E-state index is 0.186. The van der Waals surface area contributed by atoms with E-state index in [0.29, 0.717) is 5.69 Å². The summed E-state index contributed by atoms with van der Waals surface area (Å²) in [6.07, 6.45) is 1.81. The van der Waals surface area contributed by atoms with Gasteiger partial charge in [-0.25, -0.2) is 4.39 Å². The number of aryl methyl sites for hydroxylation is 1. The molecule has 0 fully saturated rings. The highest BCUT2D eigenvalue weighted by molar-refractivity contribution is 6.30. The van der Waals surface area contributed by atoms with Gasteiger partial charge in [-0.1, -0.05) is 23.7 Å². The molecule has 3 rings (SSSR count). The van der Waals surface area contributed by atoms with E-state index in [-0.39, 0.29) is 11.9 Å². The lowest BCUT2D eigenvalue weighted by Crippen LogP contribution is -2.20. The Labute approximate surface area is 117 Å². The zero-order valence-electron chi connectivity index (χ0n) is 10.7. The molecule has 2 aromatic carbocycles. The Morgan fingerprint density at radius 3 is 2.68 bits per heavy atom. The Morgan fingerprint density at radius 1 is 1.11 bits per heavy atom. The van der Waals surface area contributed by atoms with Gasteiger partial charge in [0.25, 0.3) is 0 Å². The molecule has 1 aliphatic rings. The summed E-state index contributed by atoms with van der Waals surface area (Å²) in [5.41, 5.74) is 4.07. The number of fused-ring (bicyclic) bond motifs is 1. The van der Waals surface area contributed by atoms with E-state index in [1.54, 1.807) is 12.1 Å². The van der Waals surface area contributed by atoms with Crippen LogP contribution in [0.5, 0.6) is 0 Å². The van der Waals surface area contributed by atoms with Crippen molar-refractivity contribution >= 4 is 17.3 Å². The molecule has 0 bridgehead atoms. The maximum Gasteiger partial charge on any atom is 0.146 e. The Kier molecular flexibility index (Phi) is 3.19. The van der Waals surface area contributed by atoms with Crippen molar-refractivity contribution in [3.05, 3.63) is 63.9 Å². The first-order valence-corrected chi connectivity index (χ1v) is 6.79. The van der Waals surface area contributed by atoms with Crippen LogP contribution in [0.25, 0.3) is 0 Å². The quantitative estimate of drug-likeness (QED) is 0.858. The lowest BCUT2D eigenvalue weighted by Gasteiger charge is -2.14. The predicted molar refractivity (Wildman–Crippen MR) is 77.4 cm³/mol. The summed E-state index contributed by atoms with van der Waals surface area (Å²) in [6, 6.07) is 11.5. The molecule has 19 heavy (non-hydrogen) atoms. The molecule has 1 aliphatic carbocycles. The van der Waals surface area contributed by atoms with E-state index >= 15 is 0 Å². The van der Waals surface area contributed by atoms with E-state index in [2.05, 4.69) is 11.4 Å². The molecule has 0 saturated heterocycles. The molecule has 1 N–H and O–H groups in total. The summed E-state index contributed by atoms with van der Waals surface area (Å²) in [5, 5.41) is 4.05. The summed E-state index contributed by atoms with van der Waals surface area (Å²) in [7, 11) is 0. The standard InChI is InChI=1S/C16H15ClFN/c1-10-2-5-16(15(18)6-10)19-14-8-11-3-4-13(17)7-12(11)9-14/h2-7,14,19H,8-9H2,1H3. The van der Waals surface area contributed by atoms with Gasteiger partial charge in [-0.05, 0) is 60.7 Å². The highest BCUT2D eigenvalue weighted by atomic mass is 35.5. The van der Waals surface area contributed by atoms with Crippen LogP contribution < -0.4 is 5.32 Å². The first-order chi connectivity index (χ1) is 9.11. The van der Waals surface area contributed by atoms with Crippen LogP contribution in [0.4, 0.5) is 10.1 Å². The van der Waals surface area contributed by atoms with Crippen LogP contribution in [0.3, 0.4) is 0 Å². The van der Waals surface area contributed by atoms with E-state index in [9.17, 15) is 4.39 Å². The lowest BCUT2D eigenvalue weighted by molar-refractivity contribution is 0.624. The fourth-order valence-electron chi connectivity index (χ4n) is 2.65. The van der Waals surface area contributed by atoms with Crippen molar-refractivity contribution in [2.75, 3.05) is 5.32 Å². The van der Waals surface area contributed by atoms with E-state index in [0.717, 1.165) is 23.4 Å². The number of rotatable bonds is 2. The fourth-order valence-corrected chi connectivity index (χ4v) is 2.84. The SMILES string of the molecule is Cc1ccc(NC2Cc3ccc(Cl)cc3C2)c(F)c1. The molecule has 1 atom stereocenters. The van der Waals surface area contributed by atoms with E-state index in [1.165, 1.54) is 11.1 Å². The fraction of sp³-hybridized carbons (Fsp3) is 0.250. The van der Waals surface area contributed by atoms with E-state index < -0.39 is 0 Å². The number of anilines is 1. The largest absolute Gasteiger partial charge is 0.379 e. The smallest absolute Gasteiger partial charge is 0.146 e. The third-order valence-corrected chi connectivity index (χ3v) is 3.82. The minimum Gasteiger partial charge on any atom is -0.379 e. The van der Waals surface area contributed by atoms with Crippen molar-refractivity contribution in [1.82, 2.24) is 0 Å². The molecule has 0 aromatic heterocycles. The van der Waals surface area contributed by atoms with Crippen molar-refractivity contribution in [2.24, 2.45) is 0 Å². The zero-order valence-corrected chi connectivity index (χ0v) is 11.5. The van der Waals surface area contributed by atoms with Crippen LogP contribution in [0, 0.1) is 12.7 Å². The molecular weight excluding hydrogens is 261 g/mol. The summed E-state index contributed by atoms with van der Waals surface area (Å²) in [6.45, 7) is 1.89. The van der Waals surface area contributed by atoms with Crippen LogP contribution in [-0.4, -0.2) is 6.04 Å². The van der Waals surface area contributed by atoms with Crippen LogP contribution in [0.1, 0.15) is 16.7 Å². The zero-order chi connectivity index (χ0) is 13.4. The molecular formula is C16H15ClFN. The number of halogens is 2. The molecule has 0 aliphatic heterocycles. The Bertz CT molecular complexity index is 624. The van der Waals surface area contributed by atoms with Gasteiger partial charge in [0.1, 0.15) is 5.82 Å². The maximum absolute atomic E-state index is 13.8. The van der Waals surface area contributed by atoms with Gasteiger partial charge >= 0.3 is 0 Å². The molecule has 1 nitrogen and oxygen atoms in total. The number of benzene rings is 2. The second kappa shape index (κ2) is 4.86. The van der Waals surface area contributed by atoms with Gasteiger partial charge in [-0.3, -0.25) is 0 Å². The molecule has 0 amide bonds. The van der Waals surface area contributed by atoms with Gasteiger partial charge in [0.05, 0.1) is 5.69 Å². The van der Waals surface area contributed by atoms with Crippen molar-refractivity contribution in [3.8, 4) is 0 Å². The van der Waals surface area contributed by atoms with Crippen LogP contribution in [0.2, 0.25) is 5.02 Å². The topological polar surface area (TPSA) is 12.0 Å². The Hall–Kier alpha value is -1.54. The van der Waals surface area contributed by atoms with Crippen molar-refractivity contribution < 1.29 is 4.39 Å². The van der Waals surface area contributed by atoms with Crippen molar-refractivity contribution in [1.29, 1.82) is 0 Å². The average Bonchev–Trinajstić information content (AvgIpc) is 2.74. The van der Waals surface area contributed by atoms with Gasteiger partial charge in [-0.2, -0.15) is 0 Å². The van der Waals surface area contributed by atoms with Crippen LogP contribution in [0.15, 0.2) is 36.4 Å². The molecule has 0 saturated carbocycles. The molecule has 0 radical (unpaired) electrons. The number of nitrogens with one attached hydrogen (secondary N) is 1. The van der Waals surface area contributed by atoms with Gasteiger partial charge in [-0.15, -0.1) is 0 Å². The first-order valence-electron chi connectivity index (χ1n) is 6.42. The number of hydrogen-bond donors (Lipinski definition) is 1. The molecule has 1 unspecified atom stereocenters. The summed E-state index contributed by atoms with van der Waals surface area (Å²) < 4.78 is 13.8. The van der Waals surface area contributed by atoms with Gasteiger partial charge in [0, 0.05) is 11.1 Å². The third kappa shape index (κ3) is 2.59. The highest BCUT2D eigenvalue weighted by Crippen LogP contribution is 2.28. The Morgan fingerprint density at radius 2 is 1.89 bits per heavy atom. The number of hydrogen-bond acceptors (Lipinski definition) is 1. The molecule has 2 aromatic rings. The lowest BCUT2D eigenvalue weighted by atomic mass is 10.1. The van der Waals surface area contributed by atoms with Gasteiger partial charge < -0.3 is 5.32 Å². The molecule has 98 valence electrons. The van der Waals surface area contributed by atoms with Gasteiger partial charge in [0.15, 0.2) is 0 Å². The summed E-state index contributed by atoms with van der Waals surface area (Å²) in [5.74, 6) is -0.186. The normalized spacial score (nSPS) is 17.3. The molecule has 0 spiro atoms. The third-order valence-electron chi connectivity index (χ3n) is 3.59. The first kappa shape index (κ1) is 12.5. The monoisotopic (exact) mass is 275 g/mol. The summed E-state index contributed by atoms with van der Waals surface area (Å²) in [4.78, 5) is 0. The van der Waals surface area contributed by atoms with Crippen molar-refractivity contribution in [3.63, 3.8) is 0 Å². The average molecular weight is 276 g/mol. The second-order valence-electron chi connectivity index (χ2n) is 5.15. The van der Waals surface area contributed by atoms with Crippen LogP contribution in [-0.2, 0) is 12.8 Å². The minimum atomic E-state index is -0.186. The van der Waals surface area contributed by atoms with E-state index in [1.807, 2.05) is 25.1 Å². The molecule has 3 heteroatoms. The highest BCUT2D eigenvalue weighted by Gasteiger charge is 2.22. The predicted octanol–water partition coefficient (Wildman–Crippen LogP) is 4.37. The molecule has 0 heterocycles. The maximum atomic E-state index is 13.8. The van der Waals surface area contributed by atoms with Gasteiger partial charge in [0.2, 0.25) is 0 Å². The van der Waals surface area contributed by atoms with E-state index in [4.69, 9.17) is 11.6 Å². The van der Waals surface area contributed by atoms with Crippen LogP contribution >= 0.6 is 11.6 Å². The van der Waals surface area contributed by atoms with Crippen molar-refractivity contribution in [2.45, 2.75) is 25.8 Å². The second-order valence-corrected chi connectivity index (χ2v) is 5.58. The Balaban J connectivity index is 1.77.